The molecule has 1 aromatic heterocycles. The lowest BCUT2D eigenvalue weighted by Crippen LogP contribution is -2.09. The molecule has 0 spiro atoms. The van der Waals surface area contributed by atoms with Crippen molar-refractivity contribution in [2.75, 3.05) is 26.7 Å². The average molecular weight is 303 g/mol. The second-order valence-corrected chi connectivity index (χ2v) is 5.58. The highest BCUT2D eigenvalue weighted by molar-refractivity contribution is 7.53. The van der Waals surface area contributed by atoms with Crippen molar-refractivity contribution in [1.82, 2.24) is 4.98 Å². The fraction of sp³-hybridized carbons (Fsp3) is 0.500. The van der Waals surface area contributed by atoms with Gasteiger partial charge >= 0.3 is 13.6 Å². The highest BCUT2D eigenvalue weighted by Crippen LogP contribution is 2.48. The Morgan fingerprint density at radius 2 is 1.95 bits per heavy atom. The first-order valence-electron chi connectivity index (χ1n) is 6.09. The molecule has 1 rings (SSSR count). The molecule has 1 aromatic rings. The molecule has 0 amide bonds. The van der Waals surface area contributed by atoms with Gasteiger partial charge in [0, 0.05) is 6.20 Å². The monoisotopic (exact) mass is 303 g/mol. The molecule has 20 heavy (non-hydrogen) atoms. The molecule has 0 saturated heterocycles. The van der Waals surface area contributed by atoms with Crippen LogP contribution < -0.4 is 4.74 Å². The first-order chi connectivity index (χ1) is 9.56. The van der Waals surface area contributed by atoms with Gasteiger partial charge in [0.25, 0.3) is 0 Å². The predicted octanol–water partition coefficient (Wildman–Crippen LogP) is 2.47. The number of carbonyl (C=O) groups excluding carboxylic acids is 1. The van der Waals surface area contributed by atoms with Crippen LogP contribution in [0.2, 0.25) is 0 Å². The Morgan fingerprint density at radius 1 is 1.30 bits per heavy atom. The largest absolute Gasteiger partial charge is 0.478 e. The average Bonchev–Trinajstić information content (AvgIpc) is 2.45. The summed E-state index contributed by atoms with van der Waals surface area (Å²) in [6.07, 6.45) is 2.47. The van der Waals surface area contributed by atoms with E-state index in [2.05, 4.69) is 9.72 Å². The van der Waals surface area contributed by atoms with Gasteiger partial charge in [-0.3, -0.25) is 9.55 Å². The summed E-state index contributed by atoms with van der Waals surface area (Å²) in [5, 5.41) is 0. The van der Waals surface area contributed by atoms with Gasteiger partial charge in [0.05, 0.1) is 26.5 Å². The third-order valence-corrected chi connectivity index (χ3v) is 3.97. The Balaban J connectivity index is 2.83. The van der Waals surface area contributed by atoms with Gasteiger partial charge in [0.1, 0.15) is 5.56 Å². The van der Waals surface area contributed by atoms with E-state index in [0.717, 1.165) is 0 Å². The van der Waals surface area contributed by atoms with Crippen LogP contribution in [0.25, 0.3) is 0 Å². The van der Waals surface area contributed by atoms with Gasteiger partial charge in [-0.25, -0.2) is 4.79 Å². The van der Waals surface area contributed by atoms with Crippen LogP contribution in [0.4, 0.5) is 0 Å². The number of carbonyl (C=O) groups is 1. The summed E-state index contributed by atoms with van der Waals surface area (Å²) in [6.45, 7) is 3.88. The lowest BCUT2D eigenvalue weighted by Gasteiger charge is -2.18. The summed E-state index contributed by atoms with van der Waals surface area (Å²) in [4.78, 5) is 15.4. The Labute approximate surface area is 117 Å². The van der Waals surface area contributed by atoms with Crippen molar-refractivity contribution in [3.05, 3.63) is 24.0 Å². The molecule has 0 bridgehead atoms. The first-order valence-corrected chi connectivity index (χ1v) is 7.82. The number of pyridine rings is 1. The maximum Gasteiger partial charge on any atom is 0.367 e. The van der Waals surface area contributed by atoms with E-state index < -0.39 is 13.6 Å². The highest BCUT2D eigenvalue weighted by Gasteiger charge is 2.26. The van der Waals surface area contributed by atoms with Crippen LogP contribution in [0.1, 0.15) is 24.2 Å². The number of nitrogens with zero attached hydrogens (tertiary/aromatic N) is 1. The molecule has 7 nitrogen and oxygen atoms in total. The molecular formula is C12H18NO6P. The Kier molecular flexibility index (Phi) is 6.64. The van der Waals surface area contributed by atoms with Gasteiger partial charge in [-0.1, -0.05) is 0 Å². The molecule has 0 unspecified atom stereocenters. The lowest BCUT2D eigenvalue weighted by atomic mass is 10.2. The van der Waals surface area contributed by atoms with Crippen LogP contribution in [-0.2, 0) is 18.3 Å². The zero-order chi connectivity index (χ0) is 15.0. The maximum atomic E-state index is 12.2. The standard InChI is InChI=1S/C12H18NO6P/c1-4-18-20(15,19-5-2)9-17-11-8-13-7-6-10(11)12(14)16-3/h6-8H,4-5,9H2,1-3H3. The molecule has 0 N–H and O–H groups in total. The topological polar surface area (TPSA) is 84.0 Å². The van der Waals surface area contributed by atoms with Crippen molar-refractivity contribution in [2.45, 2.75) is 13.8 Å². The summed E-state index contributed by atoms with van der Waals surface area (Å²) in [6, 6.07) is 1.45. The van der Waals surface area contributed by atoms with Gasteiger partial charge < -0.3 is 18.5 Å². The molecule has 0 radical (unpaired) electrons. The summed E-state index contributed by atoms with van der Waals surface area (Å²) in [7, 11) is -2.08. The summed E-state index contributed by atoms with van der Waals surface area (Å²) in [5.41, 5.74) is 0.196. The molecule has 0 aromatic carbocycles. The third-order valence-electron chi connectivity index (χ3n) is 2.22. The molecule has 1 heterocycles. The Bertz CT molecular complexity index is 483. The fourth-order valence-corrected chi connectivity index (χ4v) is 2.73. The van der Waals surface area contributed by atoms with Gasteiger partial charge in [-0.15, -0.1) is 0 Å². The van der Waals surface area contributed by atoms with Gasteiger partial charge in [-0.2, -0.15) is 0 Å². The normalized spacial score (nSPS) is 11.2. The minimum Gasteiger partial charge on any atom is -0.478 e. The highest BCUT2D eigenvalue weighted by atomic mass is 31.2. The number of ether oxygens (including phenoxy) is 2. The van der Waals surface area contributed by atoms with Crippen molar-refractivity contribution >= 4 is 13.6 Å². The zero-order valence-electron chi connectivity index (χ0n) is 11.7. The summed E-state index contributed by atoms with van der Waals surface area (Å²) < 4.78 is 32.4. The molecule has 0 aliphatic carbocycles. The summed E-state index contributed by atoms with van der Waals surface area (Å²) in [5.74, 6) is -0.399. The quantitative estimate of drug-likeness (QED) is 0.538. The second-order valence-electron chi connectivity index (χ2n) is 3.58. The minimum atomic E-state index is -3.35. The van der Waals surface area contributed by atoms with E-state index >= 15 is 0 Å². The lowest BCUT2D eigenvalue weighted by molar-refractivity contribution is 0.0595. The molecule has 8 heteroatoms. The van der Waals surface area contributed by atoms with E-state index in [9.17, 15) is 9.36 Å². The number of hydrogen-bond donors (Lipinski definition) is 0. The number of rotatable bonds is 8. The van der Waals surface area contributed by atoms with Crippen LogP contribution in [0.3, 0.4) is 0 Å². The van der Waals surface area contributed by atoms with E-state index in [0.29, 0.717) is 0 Å². The summed E-state index contributed by atoms with van der Waals surface area (Å²) >= 11 is 0. The van der Waals surface area contributed by atoms with Crippen molar-refractivity contribution in [3.63, 3.8) is 0 Å². The molecule has 112 valence electrons. The third kappa shape index (κ3) is 4.59. The van der Waals surface area contributed by atoms with Crippen molar-refractivity contribution in [2.24, 2.45) is 0 Å². The fourth-order valence-electron chi connectivity index (χ4n) is 1.43. The number of methoxy groups -OCH3 is 1. The molecular weight excluding hydrogens is 285 g/mol. The maximum absolute atomic E-state index is 12.2. The van der Waals surface area contributed by atoms with Gasteiger partial charge in [-0.05, 0) is 19.9 Å². The zero-order valence-corrected chi connectivity index (χ0v) is 12.6. The van der Waals surface area contributed by atoms with E-state index in [1.807, 2.05) is 0 Å². The van der Waals surface area contributed by atoms with Crippen molar-refractivity contribution in [1.29, 1.82) is 0 Å². The van der Waals surface area contributed by atoms with Crippen LogP contribution in [-0.4, -0.2) is 37.6 Å². The Hall–Kier alpha value is -1.43. The van der Waals surface area contributed by atoms with Crippen LogP contribution in [0, 0.1) is 0 Å². The van der Waals surface area contributed by atoms with Crippen LogP contribution >= 0.6 is 7.60 Å². The smallest absolute Gasteiger partial charge is 0.367 e. The second kappa shape index (κ2) is 7.99. The van der Waals surface area contributed by atoms with E-state index in [1.165, 1.54) is 25.6 Å². The molecule has 0 fully saturated rings. The van der Waals surface area contributed by atoms with Crippen molar-refractivity contribution < 1.29 is 27.9 Å². The van der Waals surface area contributed by atoms with E-state index in [1.54, 1.807) is 13.8 Å². The SMILES string of the molecule is CCOP(=O)(COc1cnccc1C(=O)OC)OCC. The van der Waals surface area contributed by atoms with E-state index in [4.69, 9.17) is 13.8 Å². The van der Waals surface area contributed by atoms with Crippen LogP contribution in [0.5, 0.6) is 5.75 Å². The number of aromatic nitrogens is 1. The number of hydrogen-bond acceptors (Lipinski definition) is 7. The first kappa shape index (κ1) is 16.6. The minimum absolute atomic E-state index is 0.166. The van der Waals surface area contributed by atoms with Crippen LogP contribution in [0.15, 0.2) is 18.5 Å². The molecule has 0 aliphatic rings. The van der Waals surface area contributed by atoms with Crippen molar-refractivity contribution in [3.8, 4) is 5.75 Å². The molecule has 0 saturated carbocycles. The predicted molar refractivity (Wildman–Crippen MR) is 71.9 cm³/mol. The molecule has 0 atom stereocenters. The van der Waals surface area contributed by atoms with Gasteiger partial charge in [0.15, 0.2) is 12.1 Å². The Morgan fingerprint density at radius 3 is 2.50 bits per heavy atom. The van der Waals surface area contributed by atoms with E-state index in [-0.39, 0.29) is 30.9 Å². The number of esters is 1. The molecule has 0 aliphatic heterocycles. The van der Waals surface area contributed by atoms with Gasteiger partial charge in [0.2, 0.25) is 0 Å².